The van der Waals surface area contributed by atoms with Crippen molar-refractivity contribution in [3.8, 4) is 0 Å². The van der Waals surface area contributed by atoms with Gasteiger partial charge >= 0.3 is 0 Å². The largest absolute Gasteiger partial charge is 0.384 e. The molecule has 3 aromatic rings. The lowest BCUT2D eigenvalue weighted by molar-refractivity contribution is 0.0405. The number of nitrogens with one attached hydrogen (secondary N) is 3. The maximum Gasteiger partial charge on any atom is 0.256 e. The summed E-state index contributed by atoms with van der Waals surface area (Å²) in [6, 6.07) is 13.7. The molecular formula is C28H36N8O2. The number of nitrogens with zero attached hydrogens (tertiary/aromatic N) is 5. The van der Waals surface area contributed by atoms with Crippen LogP contribution in [0.3, 0.4) is 0 Å². The highest BCUT2D eigenvalue weighted by Gasteiger charge is 2.25. The number of likely N-dealkylation sites (N-methyl/N-ethyl adjacent to an activating group) is 1. The minimum Gasteiger partial charge on any atom is -0.384 e. The molecule has 2 aliphatic rings. The molecule has 0 radical (unpaired) electrons. The number of carbonyl (C=O) groups excluding carboxylic acids is 1. The number of aromatic nitrogens is 3. The van der Waals surface area contributed by atoms with E-state index >= 15 is 0 Å². The number of carbonyl (C=O) groups is 1. The Morgan fingerprint density at radius 3 is 2.58 bits per heavy atom. The molecule has 200 valence electrons. The molecule has 4 N–H and O–H groups in total. The van der Waals surface area contributed by atoms with Crippen LogP contribution in [0.1, 0.15) is 48.7 Å². The summed E-state index contributed by atoms with van der Waals surface area (Å²) in [5, 5.41) is 20.4. The number of hydrogen-bond donors (Lipinski definition) is 4. The molecular weight excluding hydrogens is 480 g/mol. The fourth-order valence-electron chi connectivity index (χ4n) is 4.77. The number of piperazine rings is 1. The summed E-state index contributed by atoms with van der Waals surface area (Å²) in [4.78, 5) is 31.3. The minimum absolute atomic E-state index is 0.240. The van der Waals surface area contributed by atoms with Gasteiger partial charge in [-0.25, -0.2) is 9.97 Å². The van der Waals surface area contributed by atoms with E-state index in [0.717, 1.165) is 51.1 Å². The van der Waals surface area contributed by atoms with Crippen molar-refractivity contribution in [1.29, 1.82) is 0 Å². The van der Waals surface area contributed by atoms with Gasteiger partial charge in [0.1, 0.15) is 22.8 Å². The molecule has 0 saturated carbocycles. The van der Waals surface area contributed by atoms with Crippen LogP contribution in [0, 0.1) is 0 Å². The molecule has 2 bridgehead atoms. The summed E-state index contributed by atoms with van der Waals surface area (Å²) < 4.78 is 0. The second-order valence-electron chi connectivity index (χ2n) is 10.3. The quantitative estimate of drug-likeness (QED) is 0.414. The van der Waals surface area contributed by atoms with Crippen molar-refractivity contribution >= 4 is 34.9 Å². The normalized spacial score (nSPS) is 21.0. The highest BCUT2D eigenvalue weighted by atomic mass is 16.3. The highest BCUT2D eigenvalue weighted by Crippen LogP contribution is 2.28. The molecule has 1 fully saturated rings. The summed E-state index contributed by atoms with van der Waals surface area (Å²) in [5.74, 6) is 0.960. The number of benzene rings is 1. The van der Waals surface area contributed by atoms with Crippen LogP contribution in [0.5, 0.6) is 0 Å². The third-order valence-electron chi connectivity index (χ3n) is 7.20. The van der Waals surface area contributed by atoms with Crippen molar-refractivity contribution in [2.45, 2.75) is 38.2 Å². The first-order chi connectivity index (χ1) is 18.4. The molecule has 2 aromatic heterocycles. The minimum atomic E-state index is -1.04. The zero-order valence-corrected chi connectivity index (χ0v) is 22.1. The number of fused-ring (bicyclic) bond motifs is 3. The molecule has 2 aliphatic heterocycles. The second-order valence-corrected chi connectivity index (χ2v) is 10.3. The third-order valence-corrected chi connectivity index (χ3v) is 7.20. The maximum atomic E-state index is 13.0. The van der Waals surface area contributed by atoms with E-state index < -0.39 is 5.60 Å². The first-order valence-corrected chi connectivity index (χ1v) is 13.3. The topological polar surface area (TPSA) is 119 Å². The van der Waals surface area contributed by atoms with Crippen molar-refractivity contribution in [1.82, 2.24) is 25.2 Å². The molecule has 0 unspecified atom stereocenters. The van der Waals surface area contributed by atoms with E-state index in [1.807, 2.05) is 24.3 Å². The Balaban J connectivity index is 1.39. The Labute approximate surface area is 223 Å². The zero-order chi connectivity index (χ0) is 26.5. The van der Waals surface area contributed by atoms with E-state index in [-0.39, 0.29) is 5.91 Å². The van der Waals surface area contributed by atoms with Gasteiger partial charge in [-0.2, -0.15) is 4.98 Å². The molecule has 38 heavy (non-hydrogen) atoms. The van der Waals surface area contributed by atoms with Gasteiger partial charge in [0.15, 0.2) is 0 Å². The predicted molar refractivity (Wildman–Crippen MR) is 149 cm³/mol. The lowest BCUT2D eigenvalue weighted by Gasteiger charge is -2.34. The average Bonchev–Trinajstić information content (AvgIpc) is 2.91. The van der Waals surface area contributed by atoms with Gasteiger partial charge in [0.25, 0.3) is 5.91 Å². The smallest absolute Gasteiger partial charge is 0.256 e. The van der Waals surface area contributed by atoms with Crippen molar-refractivity contribution < 1.29 is 9.90 Å². The molecule has 1 atom stereocenters. The summed E-state index contributed by atoms with van der Waals surface area (Å²) in [6.07, 6.45) is 4.68. The molecule has 1 aromatic carbocycles. The van der Waals surface area contributed by atoms with Crippen LogP contribution in [0.15, 0.2) is 48.7 Å². The van der Waals surface area contributed by atoms with Crippen LogP contribution in [-0.4, -0.2) is 70.6 Å². The van der Waals surface area contributed by atoms with Crippen molar-refractivity contribution in [3.63, 3.8) is 0 Å². The van der Waals surface area contributed by atoms with Crippen LogP contribution >= 0.6 is 0 Å². The Kier molecular flexibility index (Phi) is 7.71. The lowest BCUT2D eigenvalue weighted by Crippen LogP contribution is -2.44. The molecule has 1 amide bonds. The van der Waals surface area contributed by atoms with Crippen LogP contribution in [0.2, 0.25) is 0 Å². The number of amides is 1. The Morgan fingerprint density at radius 1 is 1.00 bits per heavy atom. The fraction of sp³-hybridized carbons (Fsp3) is 0.429. The van der Waals surface area contributed by atoms with Gasteiger partial charge in [0.05, 0.1) is 5.69 Å². The average molecular weight is 517 g/mol. The van der Waals surface area contributed by atoms with Crippen molar-refractivity contribution in [2.75, 3.05) is 55.3 Å². The first kappa shape index (κ1) is 25.9. The van der Waals surface area contributed by atoms with E-state index in [0.29, 0.717) is 41.8 Å². The van der Waals surface area contributed by atoms with Crippen molar-refractivity contribution in [2.24, 2.45) is 0 Å². The van der Waals surface area contributed by atoms with Gasteiger partial charge in [0.2, 0.25) is 5.95 Å². The SMILES string of the molecule is CN1CCN(c2ccc(Nc3ncc4c(n3)Nc3cccc(n3)[C@](C)(O)CCCCCNC4=O)cc2)CC1. The van der Waals surface area contributed by atoms with Gasteiger partial charge in [0, 0.05) is 50.3 Å². The van der Waals surface area contributed by atoms with Gasteiger partial charge in [-0.3, -0.25) is 4.79 Å². The summed E-state index contributed by atoms with van der Waals surface area (Å²) in [7, 11) is 2.15. The molecule has 4 heterocycles. The fourth-order valence-corrected chi connectivity index (χ4v) is 4.77. The molecule has 0 aliphatic carbocycles. The monoisotopic (exact) mass is 516 g/mol. The van der Waals surface area contributed by atoms with Crippen molar-refractivity contribution in [3.05, 3.63) is 59.9 Å². The Hall–Kier alpha value is -3.76. The van der Waals surface area contributed by atoms with Gasteiger partial charge in [-0.15, -0.1) is 0 Å². The summed E-state index contributed by atoms with van der Waals surface area (Å²) >= 11 is 0. The molecule has 1 saturated heterocycles. The molecule has 5 rings (SSSR count). The van der Waals surface area contributed by atoms with Gasteiger partial charge in [-0.05, 0) is 63.2 Å². The number of hydrogen-bond acceptors (Lipinski definition) is 9. The lowest BCUT2D eigenvalue weighted by atomic mass is 9.94. The summed E-state index contributed by atoms with van der Waals surface area (Å²) in [5.41, 5.74) is 1.91. The first-order valence-electron chi connectivity index (χ1n) is 13.3. The number of pyridine rings is 1. The van der Waals surface area contributed by atoms with Gasteiger partial charge < -0.3 is 30.9 Å². The maximum absolute atomic E-state index is 13.0. The highest BCUT2D eigenvalue weighted by molar-refractivity contribution is 5.99. The van der Waals surface area contributed by atoms with Crippen LogP contribution in [0.4, 0.5) is 29.0 Å². The Bertz CT molecular complexity index is 1260. The second kappa shape index (κ2) is 11.3. The number of anilines is 5. The molecule has 10 heteroatoms. The Morgan fingerprint density at radius 2 is 1.79 bits per heavy atom. The van der Waals surface area contributed by atoms with E-state index in [4.69, 9.17) is 0 Å². The standard InChI is InChI=1S/C28H36N8O2/c1-28(38)13-4-3-5-14-29-26(37)22-19-30-27(34-25(22)33-24-8-6-7-23(28)32-24)31-20-9-11-21(12-10-20)36-17-15-35(2)16-18-36/h6-12,19,38H,3-5,13-18H2,1-2H3,(H,29,37)(H2,30,31,32,33,34)/t28-/m1/s1. The molecule has 0 spiro atoms. The van der Waals surface area contributed by atoms with Crippen LogP contribution < -0.4 is 20.9 Å². The predicted octanol–water partition coefficient (Wildman–Crippen LogP) is 3.62. The zero-order valence-electron chi connectivity index (χ0n) is 22.1. The number of rotatable bonds is 3. The third kappa shape index (κ3) is 6.20. The van der Waals surface area contributed by atoms with E-state index in [2.05, 4.69) is 59.9 Å². The van der Waals surface area contributed by atoms with Crippen LogP contribution in [0.25, 0.3) is 0 Å². The molecule has 10 nitrogen and oxygen atoms in total. The van der Waals surface area contributed by atoms with E-state index in [1.54, 1.807) is 13.0 Å². The summed E-state index contributed by atoms with van der Waals surface area (Å²) in [6.45, 7) is 6.46. The van der Waals surface area contributed by atoms with E-state index in [1.165, 1.54) is 11.9 Å². The van der Waals surface area contributed by atoms with Crippen LogP contribution in [-0.2, 0) is 5.60 Å². The van der Waals surface area contributed by atoms with Gasteiger partial charge in [-0.1, -0.05) is 18.9 Å². The number of aliphatic hydroxyl groups is 1. The van der Waals surface area contributed by atoms with E-state index in [9.17, 15) is 9.90 Å².